The Hall–Kier alpha value is -0.380. The highest BCUT2D eigenvalue weighted by atomic mass is 35.5. The quantitative estimate of drug-likeness (QED) is 0.641. The first-order valence-corrected chi connectivity index (χ1v) is 8.66. The van der Waals surface area contributed by atoms with Crippen molar-refractivity contribution < 1.29 is 0 Å². The summed E-state index contributed by atoms with van der Waals surface area (Å²) in [5.41, 5.74) is 7.34. The monoisotopic (exact) mass is 359 g/mol. The maximum absolute atomic E-state index is 6.33. The Labute approximate surface area is 144 Å². The lowest BCUT2D eigenvalue weighted by Crippen LogP contribution is -2.25. The first-order chi connectivity index (χ1) is 10.0. The third-order valence-electron chi connectivity index (χ3n) is 3.23. The molecule has 0 spiro atoms. The van der Waals surface area contributed by atoms with E-state index in [0.29, 0.717) is 10.0 Å². The molecule has 0 bridgehead atoms. The standard InChI is InChI=1S/C16H16Cl3NS/c1-2-15(20)16(11-5-3-4-6-12(11)17)21-10-7-8-13(18)14(19)9-10/h3-9,15-16H,2,20H2,1H3. The molecular formula is C16H16Cl3NS. The van der Waals surface area contributed by atoms with Gasteiger partial charge in [0.25, 0.3) is 0 Å². The Morgan fingerprint density at radius 2 is 1.71 bits per heavy atom. The largest absolute Gasteiger partial charge is 0.326 e. The topological polar surface area (TPSA) is 26.0 Å². The fourth-order valence-corrected chi connectivity index (χ4v) is 4.00. The van der Waals surface area contributed by atoms with E-state index in [1.165, 1.54) is 0 Å². The van der Waals surface area contributed by atoms with E-state index in [1.807, 2.05) is 36.4 Å². The minimum atomic E-state index is 0.00403. The van der Waals surface area contributed by atoms with Crippen molar-refractivity contribution in [1.29, 1.82) is 0 Å². The summed E-state index contributed by atoms with van der Waals surface area (Å²) in [7, 11) is 0. The van der Waals surface area contributed by atoms with Gasteiger partial charge in [0.05, 0.1) is 15.3 Å². The molecule has 0 amide bonds. The van der Waals surface area contributed by atoms with Crippen LogP contribution in [-0.4, -0.2) is 6.04 Å². The highest BCUT2D eigenvalue weighted by Crippen LogP contribution is 2.42. The zero-order valence-corrected chi connectivity index (χ0v) is 14.6. The third kappa shape index (κ3) is 4.30. The van der Waals surface area contributed by atoms with Gasteiger partial charge in [-0.2, -0.15) is 0 Å². The normalized spacial score (nSPS) is 14.0. The molecule has 21 heavy (non-hydrogen) atoms. The number of halogens is 3. The van der Waals surface area contributed by atoms with Crippen LogP contribution >= 0.6 is 46.6 Å². The third-order valence-corrected chi connectivity index (χ3v) is 5.69. The van der Waals surface area contributed by atoms with Crippen molar-refractivity contribution in [3.05, 3.63) is 63.1 Å². The van der Waals surface area contributed by atoms with Gasteiger partial charge in [-0.3, -0.25) is 0 Å². The van der Waals surface area contributed by atoms with E-state index in [-0.39, 0.29) is 11.3 Å². The summed E-state index contributed by atoms with van der Waals surface area (Å²) in [4.78, 5) is 1.03. The second-order valence-corrected chi connectivity index (χ2v) is 7.14. The molecule has 0 aliphatic carbocycles. The maximum atomic E-state index is 6.33. The molecule has 2 rings (SSSR count). The van der Waals surface area contributed by atoms with Crippen molar-refractivity contribution in [3.63, 3.8) is 0 Å². The van der Waals surface area contributed by atoms with Crippen LogP contribution in [0.15, 0.2) is 47.4 Å². The Bertz CT molecular complexity index is 618. The van der Waals surface area contributed by atoms with E-state index in [1.54, 1.807) is 17.8 Å². The molecule has 0 heterocycles. The average molecular weight is 361 g/mol. The van der Waals surface area contributed by atoms with Crippen molar-refractivity contribution in [3.8, 4) is 0 Å². The van der Waals surface area contributed by atoms with Gasteiger partial charge in [-0.05, 0) is 36.2 Å². The molecule has 0 radical (unpaired) electrons. The van der Waals surface area contributed by atoms with Crippen LogP contribution in [-0.2, 0) is 0 Å². The van der Waals surface area contributed by atoms with E-state index in [9.17, 15) is 0 Å². The molecule has 0 fully saturated rings. The van der Waals surface area contributed by atoms with E-state index in [0.717, 1.165) is 21.9 Å². The second kappa shape index (κ2) is 7.75. The zero-order chi connectivity index (χ0) is 15.4. The van der Waals surface area contributed by atoms with Gasteiger partial charge in [0.15, 0.2) is 0 Å². The van der Waals surface area contributed by atoms with Gasteiger partial charge in [-0.15, -0.1) is 11.8 Å². The molecule has 0 aromatic heterocycles. The first kappa shape index (κ1) is 17.0. The van der Waals surface area contributed by atoms with E-state index in [2.05, 4.69) is 6.92 Å². The van der Waals surface area contributed by atoms with Gasteiger partial charge in [-0.25, -0.2) is 0 Å². The van der Waals surface area contributed by atoms with Crippen LogP contribution in [0.1, 0.15) is 24.2 Å². The smallest absolute Gasteiger partial charge is 0.0603 e. The Morgan fingerprint density at radius 3 is 2.33 bits per heavy atom. The highest BCUT2D eigenvalue weighted by molar-refractivity contribution is 7.99. The summed E-state index contributed by atoms with van der Waals surface area (Å²) in [6.45, 7) is 2.07. The molecule has 112 valence electrons. The summed E-state index contributed by atoms with van der Waals surface area (Å²) in [6, 6.07) is 13.4. The molecule has 2 N–H and O–H groups in total. The molecule has 2 atom stereocenters. The molecule has 2 unspecified atom stereocenters. The highest BCUT2D eigenvalue weighted by Gasteiger charge is 2.22. The molecule has 2 aromatic carbocycles. The number of hydrogen-bond donors (Lipinski definition) is 1. The summed E-state index contributed by atoms with van der Waals surface area (Å²) in [5, 5.41) is 1.90. The van der Waals surface area contributed by atoms with Gasteiger partial charge < -0.3 is 5.73 Å². The number of hydrogen-bond acceptors (Lipinski definition) is 2. The van der Waals surface area contributed by atoms with Crippen LogP contribution in [0.25, 0.3) is 0 Å². The Balaban J connectivity index is 2.33. The first-order valence-electron chi connectivity index (χ1n) is 6.64. The molecule has 0 aliphatic heterocycles. The summed E-state index contributed by atoms with van der Waals surface area (Å²) in [6.07, 6.45) is 0.865. The zero-order valence-electron chi connectivity index (χ0n) is 11.5. The van der Waals surface area contributed by atoms with Crippen LogP contribution < -0.4 is 5.73 Å². The fourth-order valence-electron chi connectivity index (χ4n) is 2.00. The summed E-state index contributed by atoms with van der Waals surface area (Å²) >= 11 is 20.0. The van der Waals surface area contributed by atoms with Crippen molar-refractivity contribution >= 4 is 46.6 Å². The average Bonchev–Trinajstić information content (AvgIpc) is 2.48. The second-order valence-electron chi connectivity index (χ2n) is 4.71. The van der Waals surface area contributed by atoms with E-state index >= 15 is 0 Å². The van der Waals surface area contributed by atoms with E-state index < -0.39 is 0 Å². The fraction of sp³-hybridized carbons (Fsp3) is 0.250. The number of rotatable bonds is 5. The van der Waals surface area contributed by atoms with Crippen molar-refractivity contribution in [1.82, 2.24) is 0 Å². The summed E-state index contributed by atoms with van der Waals surface area (Å²) < 4.78 is 0. The van der Waals surface area contributed by atoms with Gasteiger partial charge in [-0.1, -0.05) is 59.9 Å². The summed E-state index contributed by atoms with van der Waals surface area (Å²) in [5.74, 6) is 0. The van der Waals surface area contributed by atoms with Crippen LogP contribution in [0.5, 0.6) is 0 Å². The minimum Gasteiger partial charge on any atom is -0.326 e. The van der Waals surface area contributed by atoms with Crippen molar-refractivity contribution in [2.24, 2.45) is 5.73 Å². The predicted molar refractivity (Wildman–Crippen MR) is 94.8 cm³/mol. The lowest BCUT2D eigenvalue weighted by Gasteiger charge is -2.24. The minimum absolute atomic E-state index is 0.00403. The van der Waals surface area contributed by atoms with Crippen LogP contribution in [0, 0.1) is 0 Å². The maximum Gasteiger partial charge on any atom is 0.0603 e. The van der Waals surface area contributed by atoms with Crippen LogP contribution in [0.3, 0.4) is 0 Å². The molecular weight excluding hydrogens is 345 g/mol. The van der Waals surface area contributed by atoms with Crippen LogP contribution in [0.2, 0.25) is 15.1 Å². The van der Waals surface area contributed by atoms with Crippen molar-refractivity contribution in [2.75, 3.05) is 0 Å². The van der Waals surface area contributed by atoms with Gasteiger partial charge >= 0.3 is 0 Å². The molecule has 2 aromatic rings. The van der Waals surface area contributed by atoms with Gasteiger partial charge in [0, 0.05) is 16.0 Å². The molecule has 1 nitrogen and oxygen atoms in total. The van der Waals surface area contributed by atoms with Gasteiger partial charge in [0.2, 0.25) is 0 Å². The Morgan fingerprint density at radius 1 is 1.00 bits per heavy atom. The molecule has 0 saturated heterocycles. The van der Waals surface area contributed by atoms with Crippen molar-refractivity contribution in [2.45, 2.75) is 29.5 Å². The number of thioether (sulfide) groups is 1. The predicted octanol–water partition coefficient (Wildman–Crippen LogP) is 6.22. The Kier molecular flexibility index (Phi) is 6.27. The lowest BCUT2D eigenvalue weighted by atomic mass is 10.0. The molecule has 0 aliphatic rings. The SMILES string of the molecule is CCC(N)C(Sc1ccc(Cl)c(Cl)c1)c1ccccc1Cl. The number of benzene rings is 2. The lowest BCUT2D eigenvalue weighted by molar-refractivity contribution is 0.634. The van der Waals surface area contributed by atoms with Gasteiger partial charge in [0.1, 0.15) is 0 Å². The van der Waals surface area contributed by atoms with E-state index in [4.69, 9.17) is 40.5 Å². The number of nitrogens with two attached hydrogens (primary N) is 1. The van der Waals surface area contributed by atoms with Crippen LogP contribution in [0.4, 0.5) is 0 Å². The molecule has 5 heteroatoms. The molecule has 0 saturated carbocycles.